The van der Waals surface area contributed by atoms with E-state index >= 15 is 0 Å². The molecule has 2 aromatic carbocycles. The first kappa shape index (κ1) is 22.0. The van der Waals surface area contributed by atoms with E-state index < -0.39 is 35.2 Å². The Morgan fingerprint density at radius 3 is 2.07 bits per heavy atom. The molecule has 8 heteroatoms. The van der Waals surface area contributed by atoms with Crippen LogP contribution >= 0.6 is 0 Å². The van der Waals surface area contributed by atoms with Gasteiger partial charge in [0.25, 0.3) is 0 Å². The summed E-state index contributed by atoms with van der Waals surface area (Å²) >= 11 is 0. The van der Waals surface area contributed by atoms with Crippen LogP contribution in [0.5, 0.6) is 5.75 Å². The third-order valence-electron chi connectivity index (χ3n) is 5.05. The van der Waals surface area contributed by atoms with Gasteiger partial charge < -0.3 is 4.74 Å². The highest BCUT2D eigenvalue weighted by Crippen LogP contribution is 2.40. The number of ether oxygens (including phenoxy) is 1. The van der Waals surface area contributed by atoms with Crippen molar-refractivity contribution in [1.82, 2.24) is 0 Å². The largest absolute Gasteiger partial charge is 0.573 e. The number of hydrogen-bond acceptors (Lipinski definition) is 1. The van der Waals surface area contributed by atoms with Gasteiger partial charge in [0.1, 0.15) is 11.5 Å². The molecular formula is C22H17F7O. The molecule has 160 valence electrons. The van der Waals surface area contributed by atoms with E-state index in [-0.39, 0.29) is 17.0 Å². The van der Waals surface area contributed by atoms with Crippen molar-refractivity contribution >= 4 is 0 Å². The fraction of sp³-hybridized carbons (Fsp3) is 0.364. The van der Waals surface area contributed by atoms with E-state index in [1.54, 1.807) is 13.0 Å². The smallest absolute Gasteiger partial charge is 0.399 e. The van der Waals surface area contributed by atoms with Gasteiger partial charge >= 0.3 is 6.36 Å². The highest BCUT2D eigenvalue weighted by atomic mass is 19.4. The second kappa shape index (κ2) is 8.21. The van der Waals surface area contributed by atoms with Gasteiger partial charge in [0.2, 0.25) is 5.75 Å². The maximum absolute atomic E-state index is 14.4. The van der Waals surface area contributed by atoms with Gasteiger partial charge in [-0.1, -0.05) is 17.9 Å². The molecule has 0 bridgehead atoms. The molecule has 0 radical (unpaired) electrons. The summed E-state index contributed by atoms with van der Waals surface area (Å²) in [6.45, 7) is 1.55. The predicted molar refractivity (Wildman–Crippen MR) is 96.1 cm³/mol. The number of benzene rings is 2. The zero-order chi connectivity index (χ0) is 22.1. The fourth-order valence-corrected chi connectivity index (χ4v) is 3.42. The molecule has 0 atom stereocenters. The van der Waals surface area contributed by atoms with Crippen LogP contribution in [-0.2, 0) is 0 Å². The van der Waals surface area contributed by atoms with Crippen molar-refractivity contribution in [3.63, 3.8) is 0 Å². The molecule has 0 saturated heterocycles. The monoisotopic (exact) mass is 430 g/mol. The number of rotatable bonds is 2. The van der Waals surface area contributed by atoms with Crippen LogP contribution in [0.3, 0.4) is 0 Å². The Balaban J connectivity index is 1.78. The molecule has 0 aromatic heterocycles. The maximum atomic E-state index is 14.4. The second-order valence-electron chi connectivity index (χ2n) is 7.49. The van der Waals surface area contributed by atoms with Crippen LogP contribution in [0.4, 0.5) is 30.7 Å². The quantitative estimate of drug-likeness (QED) is 0.377. The molecular weight excluding hydrogens is 413 g/mol. The molecule has 1 nitrogen and oxygen atoms in total. The minimum atomic E-state index is -5.25. The first-order chi connectivity index (χ1) is 13.9. The van der Waals surface area contributed by atoms with Gasteiger partial charge in [-0.25, -0.2) is 17.6 Å². The van der Waals surface area contributed by atoms with E-state index in [1.165, 1.54) is 12.1 Å². The molecule has 3 rings (SSSR count). The number of hydrogen-bond donors (Lipinski definition) is 0. The first-order valence-electron chi connectivity index (χ1n) is 9.19. The van der Waals surface area contributed by atoms with Crippen molar-refractivity contribution in [2.75, 3.05) is 0 Å². The molecule has 1 saturated carbocycles. The molecule has 1 aliphatic rings. The molecule has 0 N–H and O–H groups in total. The van der Waals surface area contributed by atoms with Crippen LogP contribution in [0, 0.1) is 29.3 Å². The van der Waals surface area contributed by atoms with E-state index in [0.717, 1.165) is 5.56 Å². The van der Waals surface area contributed by atoms with E-state index in [0.29, 0.717) is 37.8 Å². The van der Waals surface area contributed by atoms with Crippen molar-refractivity contribution in [2.24, 2.45) is 0 Å². The van der Waals surface area contributed by atoms with Gasteiger partial charge in [-0.05, 0) is 68.4 Å². The standard InChI is InChI=1S/C22H17F7O/c1-21(26)8-6-14(7-9-21)16-5-4-15(17(23)12-16)3-2-13-10-18(24)20(19(25)11-13)30-22(27,28)29/h4-5,10-12,14H,6-9H2,1H3. The highest BCUT2D eigenvalue weighted by Gasteiger charge is 2.34. The first-order valence-corrected chi connectivity index (χ1v) is 9.19. The van der Waals surface area contributed by atoms with E-state index in [2.05, 4.69) is 16.6 Å². The van der Waals surface area contributed by atoms with Crippen LogP contribution in [0.2, 0.25) is 0 Å². The Kier molecular flexibility index (Phi) is 6.02. The second-order valence-corrected chi connectivity index (χ2v) is 7.49. The Hall–Kier alpha value is -2.69. The molecule has 1 aliphatic carbocycles. The summed E-state index contributed by atoms with van der Waals surface area (Å²) in [6, 6.07) is 5.52. The van der Waals surface area contributed by atoms with Crippen molar-refractivity contribution in [3.8, 4) is 17.6 Å². The lowest BCUT2D eigenvalue weighted by Crippen LogP contribution is -2.25. The Bertz CT molecular complexity index is 966. The highest BCUT2D eigenvalue weighted by molar-refractivity contribution is 5.46. The zero-order valence-corrected chi connectivity index (χ0v) is 15.8. The summed E-state index contributed by atoms with van der Waals surface area (Å²) in [5, 5.41) is 0. The van der Waals surface area contributed by atoms with Gasteiger partial charge in [-0.15, -0.1) is 13.2 Å². The van der Waals surface area contributed by atoms with E-state index in [9.17, 15) is 30.7 Å². The van der Waals surface area contributed by atoms with E-state index in [4.69, 9.17) is 0 Å². The third-order valence-corrected chi connectivity index (χ3v) is 5.05. The van der Waals surface area contributed by atoms with Crippen LogP contribution < -0.4 is 4.74 Å². The molecule has 0 unspecified atom stereocenters. The lowest BCUT2D eigenvalue weighted by Gasteiger charge is -2.31. The van der Waals surface area contributed by atoms with Crippen molar-refractivity contribution < 1.29 is 35.5 Å². The minimum Gasteiger partial charge on any atom is -0.399 e. The molecule has 0 amide bonds. The molecule has 0 heterocycles. The summed E-state index contributed by atoms with van der Waals surface area (Å²) in [4.78, 5) is 0. The molecule has 1 fully saturated rings. The summed E-state index contributed by atoms with van der Waals surface area (Å²) in [5.41, 5.74) is -0.802. The third kappa shape index (κ3) is 5.47. The van der Waals surface area contributed by atoms with Crippen molar-refractivity contribution in [1.29, 1.82) is 0 Å². The van der Waals surface area contributed by atoms with Crippen LogP contribution in [0.1, 0.15) is 55.2 Å². The Morgan fingerprint density at radius 2 is 1.53 bits per heavy atom. The molecule has 2 aromatic rings. The Morgan fingerprint density at radius 1 is 0.933 bits per heavy atom. The average Bonchev–Trinajstić information content (AvgIpc) is 2.63. The maximum Gasteiger partial charge on any atom is 0.573 e. The fourth-order valence-electron chi connectivity index (χ4n) is 3.42. The molecule has 0 spiro atoms. The van der Waals surface area contributed by atoms with Crippen LogP contribution in [0.15, 0.2) is 30.3 Å². The van der Waals surface area contributed by atoms with Gasteiger partial charge in [-0.2, -0.15) is 0 Å². The number of alkyl halides is 4. The molecule has 0 aliphatic heterocycles. The average molecular weight is 430 g/mol. The lowest BCUT2D eigenvalue weighted by molar-refractivity contribution is -0.276. The minimum absolute atomic E-state index is 0.0368. The summed E-state index contributed by atoms with van der Waals surface area (Å²) in [5.74, 6) is -0.611. The SMILES string of the molecule is CC1(F)CCC(c2ccc(C#Cc3cc(F)c(OC(F)(F)F)c(F)c3)c(F)c2)CC1. The zero-order valence-electron chi connectivity index (χ0n) is 15.8. The van der Waals surface area contributed by atoms with Crippen LogP contribution in [0.25, 0.3) is 0 Å². The Labute approximate surface area is 168 Å². The van der Waals surface area contributed by atoms with Crippen molar-refractivity contribution in [2.45, 2.75) is 50.6 Å². The predicted octanol–water partition coefficient (Wildman–Crippen LogP) is 6.79. The van der Waals surface area contributed by atoms with Crippen LogP contribution in [-0.4, -0.2) is 12.0 Å². The van der Waals surface area contributed by atoms with Gasteiger partial charge in [0, 0.05) is 5.56 Å². The summed E-state index contributed by atoms with van der Waals surface area (Å²) in [6.07, 6.45) is -3.26. The van der Waals surface area contributed by atoms with E-state index in [1.807, 2.05) is 0 Å². The lowest BCUT2D eigenvalue weighted by atomic mass is 9.78. The summed E-state index contributed by atoms with van der Waals surface area (Å²) < 4.78 is 95.6. The number of halogens is 7. The van der Waals surface area contributed by atoms with Gasteiger partial charge in [0.05, 0.1) is 5.56 Å². The topological polar surface area (TPSA) is 9.23 Å². The normalized spacial score (nSPS) is 21.7. The summed E-state index contributed by atoms with van der Waals surface area (Å²) in [7, 11) is 0. The van der Waals surface area contributed by atoms with Gasteiger partial charge in [-0.3, -0.25) is 0 Å². The van der Waals surface area contributed by atoms with Crippen molar-refractivity contribution in [3.05, 3.63) is 64.5 Å². The van der Waals surface area contributed by atoms with Gasteiger partial charge in [0.15, 0.2) is 11.6 Å². The molecule has 30 heavy (non-hydrogen) atoms.